The highest BCUT2D eigenvalue weighted by Crippen LogP contribution is 2.45. The van der Waals surface area contributed by atoms with E-state index in [-0.39, 0.29) is 25.7 Å². The molecule has 0 saturated carbocycles. The third-order valence-corrected chi connectivity index (χ3v) is 19.7. The Labute approximate surface area is 588 Å². The van der Waals surface area contributed by atoms with E-state index < -0.39 is 97.5 Å². The molecule has 0 aliphatic heterocycles. The fourth-order valence-corrected chi connectivity index (χ4v) is 13.3. The van der Waals surface area contributed by atoms with Gasteiger partial charge in [0.25, 0.3) is 0 Å². The maximum Gasteiger partial charge on any atom is 0.472 e. The number of hydrogen-bond acceptors (Lipinski definition) is 15. The number of aliphatic hydroxyl groups excluding tert-OH is 1. The molecule has 0 aromatic rings. The quantitative estimate of drug-likeness (QED) is 0.0222. The zero-order valence-corrected chi connectivity index (χ0v) is 64.8. The number of hydrogen-bond donors (Lipinski definition) is 3. The lowest BCUT2D eigenvalue weighted by Gasteiger charge is -2.21. The van der Waals surface area contributed by atoms with Gasteiger partial charge in [0, 0.05) is 25.7 Å². The molecule has 0 saturated heterocycles. The molecule has 0 aliphatic carbocycles. The van der Waals surface area contributed by atoms with E-state index in [1.165, 1.54) is 186 Å². The number of phosphoric acid groups is 2. The molecule has 0 amide bonds. The summed E-state index contributed by atoms with van der Waals surface area (Å²) in [6.07, 6.45) is 51.6. The highest BCUT2D eigenvalue weighted by atomic mass is 31.2. The number of ether oxygens (including phenoxy) is 4. The van der Waals surface area contributed by atoms with Crippen LogP contribution in [0.1, 0.15) is 389 Å². The molecule has 0 fully saturated rings. The molecule has 3 N–H and O–H groups in total. The summed E-state index contributed by atoms with van der Waals surface area (Å²) >= 11 is 0. The molecule has 0 rings (SSSR count). The molecular formula is C77H150O17P2. The van der Waals surface area contributed by atoms with Crippen LogP contribution in [0.3, 0.4) is 0 Å². The minimum absolute atomic E-state index is 0.105. The van der Waals surface area contributed by atoms with Crippen molar-refractivity contribution < 1.29 is 80.2 Å². The van der Waals surface area contributed by atoms with Crippen molar-refractivity contribution in [2.45, 2.75) is 408 Å². The summed E-state index contributed by atoms with van der Waals surface area (Å²) in [6.45, 7) is 14.2. The number of rotatable bonds is 74. The summed E-state index contributed by atoms with van der Waals surface area (Å²) in [7, 11) is -9.91. The third kappa shape index (κ3) is 70.5. The van der Waals surface area contributed by atoms with Gasteiger partial charge in [-0.15, -0.1) is 0 Å². The van der Waals surface area contributed by atoms with E-state index in [1.54, 1.807) is 0 Å². The summed E-state index contributed by atoms with van der Waals surface area (Å²) in [6, 6.07) is 0. The first-order chi connectivity index (χ1) is 46.1. The average molecular weight is 1410 g/mol. The van der Waals surface area contributed by atoms with Gasteiger partial charge >= 0.3 is 39.5 Å². The molecule has 0 heterocycles. The van der Waals surface area contributed by atoms with Gasteiger partial charge in [-0.1, -0.05) is 338 Å². The molecule has 0 aromatic heterocycles. The standard InChI is InChI=1S/C77H150O17P2/c1-67(2)53-45-37-29-22-17-15-13-11-9-10-12-14-16-18-25-33-41-49-57-74(79)87-63-72(94-77(82)60-52-44-35-27-21-24-31-39-47-55-69(5)6)65-91-95(83,84)89-61-71(78)62-90-96(85,86)92-66-73(64-88-75(80)58-50-42-36-28-32-40-48-56-70(7)8)93-76(81)59-51-43-34-26-20-19-23-30-38-46-54-68(3)4/h67-73,78H,9-66H2,1-8H3,(H,83,84)(H,85,86)/t71?,72-,73-/m1/s1. The Hall–Kier alpha value is -1.94. The van der Waals surface area contributed by atoms with Gasteiger partial charge in [-0.3, -0.25) is 37.3 Å². The van der Waals surface area contributed by atoms with E-state index in [0.29, 0.717) is 31.6 Å². The van der Waals surface area contributed by atoms with E-state index >= 15 is 0 Å². The Morgan fingerprint density at radius 2 is 0.438 bits per heavy atom. The number of carbonyl (C=O) groups excluding carboxylic acids is 4. The molecule has 0 radical (unpaired) electrons. The molecule has 5 atom stereocenters. The lowest BCUT2D eigenvalue weighted by molar-refractivity contribution is -0.161. The van der Waals surface area contributed by atoms with Crippen LogP contribution in [0.15, 0.2) is 0 Å². The Morgan fingerprint density at radius 1 is 0.260 bits per heavy atom. The monoisotopic (exact) mass is 1410 g/mol. The molecule has 570 valence electrons. The van der Waals surface area contributed by atoms with Gasteiger partial charge in [0.15, 0.2) is 12.2 Å². The average Bonchev–Trinajstić information content (AvgIpc) is 1.32. The predicted octanol–water partition coefficient (Wildman–Crippen LogP) is 22.4. The van der Waals surface area contributed by atoms with Crippen LogP contribution < -0.4 is 0 Å². The predicted molar refractivity (Wildman–Crippen MR) is 391 cm³/mol. The van der Waals surface area contributed by atoms with Gasteiger partial charge in [-0.2, -0.15) is 0 Å². The van der Waals surface area contributed by atoms with Gasteiger partial charge in [-0.05, 0) is 49.4 Å². The molecule has 3 unspecified atom stereocenters. The fourth-order valence-electron chi connectivity index (χ4n) is 11.7. The molecule has 0 aliphatic rings. The Balaban J connectivity index is 5.18. The first kappa shape index (κ1) is 94.1. The second-order valence-electron chi connectivity index (χ2n) is 29.7. The summed E-state index contributed by atoms with van der Waals surface area (Å²) in [5.41, 5.74) is 0. The van der Waals surface area contributed by atoms with E-state index in [2.05, 4.69) is 55.4 Å². The van der Waals surface area contributed by atoms with Gasteiger partial charge in [0.2, 0.25) is 0 Å². The minimum Gasteiger partial charge on any atom is -0.462 e. The first-order valence-corrected chi connectivity index (χ1v) is 42.7. The van der Waals surface area contributed by atoms with Crippen molar-refractivity contribution in [1.82, 2.24) is 0 Å². The highest BCUT2D eigenvalue weighted by Gasteiger charge is 2.30. The first-order valence-electron chi connectivity index (χ1n) is 39.7. The van der Waals surface area contributed by atoms with Crippen molar-refractivity contribution in [3.8, 4) is 0 Å². The maximum atomic E-state index is 13.1. The smallest absolute Gasteiger partial charge is 0.462 e. The number of esters is 4. The van der Waals surface area contributed by atoms with Gasteiger partial charge in [-0.25, -0.2) is 9.13 Å². The normalized spacial score (nSPS) is 14.1. The zero-order chi connectivity index (χ0) is 71.0. The van der Waals surface area contributed by atoms with E-state index in [0.717, 1.165) is 114 Å². The van der Waals surface area contributed by atoms with Crippen molar-refractivity contribution in [3.63, 3.8) is 0 Å². The van der Waals surface area contributed by atoms with Crippen molar-refractivity contribution in [3.05, 3.63) is 0 Å². The lowest BCUT2D eigenvalue weighted by Crippen LogP contribution is -2.30. The lowest BCUT2D eigenvalue weighted by atomic mass is 10.0. The number of carbonyl (C=O) groups is 4. The topological polar surface area (TPSA) is 237 Å². The van der Waals surface area contributed by atoms with Crippen molar-refractivity contribution in [1.29, 1.82) is 0 Å². The SMILES string of the molecule is CC(C)CCCCCCCCCCCCCCCCCCCCC(=O)OC[C@H](COP(=O)(O)OCC(O)COP(=O)(O)OC[C@@H](COC(=O)CCCCCCCCCC(C)C)OC(=O)CCCCCCCCCCCCC(C)C)OC(=O)CCCCCCCCCCCC(C)C. The van der Waals surface area contributed by atoms with Crippen LogP contribution in [0.5, 0.6) is 0 Å². The molecular weight excluding hydrogens is 1260 g/mol. The second-order valence-corrected chi connectivity index (χ2v) is 32.6. The minimum atomic E-state index is -4.96. The van der Waals surface area contributed by atoms with Gasteiger partial charge in [0.05, 0.1) is 26.4 Å². The van der Waals surface area contributed by atoms with Crippen LogP contribution in [-0.4, -0.2) is 96.7 Å². The van der Waals surface area contributed by atoms with Crippen LogP contribution >= 0.6 is 15.6 Å². The molecule has 0 bridgehead atoms. The fraction of sp³-hybridized carbons (Fsp3) is 0.948. The second kappa shape index (κ2) is 66.3. The van der Waals surface area contributed by atoms with E-state index in [4.69, 9.17) is 37.0 Å². The van der Waals surface area contributed by atoms with Crippen LogP contribution in [0.2, 0.25) is 0 Å². The zero-order valence-electron chi connectivity index (χ0n) is 63.0. The largest absolute Gasteiger partial charge is 0.472 e. The van der Waals surface area contributed by atoms with Crippen molar-refractivity contribution in [2.75, 3.05) is 39.6 Å². The van der Waals surface area contributed by atoms with Crippen LogP contribution in [0, 0.1) is 23.7 Å². The van der Waals surface area contributed by atoms with Gasteiger partial charge < -0.3 is 33.8 Å². The van der Waals surface area contributed by atoms with Crippen LogP contribution in [-0.2, 0) is 65.4 Å². The van der Waals surface area contributed by atoms with Crippen LogP contribution in [0.25, 0.3) is 0 Å². The number of aliphatic hydroxyl groups is 1. The third-order valence-electron chi connectivity index (χ3n) is 17.8. The number of unbranched alkanes of at least 4 members (excludes halogenated alkanes) is 40. The molecule has 0 spiro atoms. The Kier molecular flexibility index (Phi) is 65.0. The van der Waals surface area contributed by atoms with Crippen molar-refractivity contribution >= 4 is 39.5 Å². The summed E-state index contributed by atoms with van der Waals surface area (Å²) in [5, 5.41) is 10.6. The summed E-state index contributed by atoms with van der Waals surface area (Å²) < 4.78 is 68.5. The van der Waals surface area contributed by atoms with E-state index in [9.17, 15) is 43.2 Å². The van der Waals surface area contributed by atoms with Crippen molar-refractivity contribution in [2.24, 2.45) is 23.7 Å². The molecule has 0 aromatic carbocycles. The Morgan fingerprint density at radius 3 is 0.646 bits per heavy atom. The molecule has 96 heavy (non-hydrogen) atoms. The van der Waals surface area contributed by atoms with Crippen LogP contribution in [0.4, 0.5) is 0 Å². The van der Waals surface area contributed by atoms with E-state index in [1.807, 2.05) is 0 Å². The number of phosphoric ester groups is 2. The Bertz CT molecular complexity index is 1880. The maximum absolute atomic E-state index is 13.1. The van der Waals surface area contributed by atoms with Gasteiger partial charge in [0.1, 0.15) is 19.3 Å². The summed E-state index contributed by atoms with van der Waals surface area (Å²) in [4.78, 5) is 72.8. The summed E-state index contributed by atoms with van der Waals surface area (Å²) in [5.74, 6) is 0.894. The molecule has 19 heteroatoms. The highest BCUT2D eigenvalue weighted by molar-refractivity contribution is 7.47. The molecule has 17 nitrogen and oxygen atoms in total.